The Kier molecular flexibility index (Phi) is 4.49. The molecule has 6 heteroatoms. The van der Waals surface area contributed by atoms with E-state index in [1.807, 2.05) is 13.0 Å². The molecule has 0 spiro atoms. The molecule has 1 aromatic rings. The zero-order valence-electron chi connectivity index (χ0n) is 11.5. The number of carbonyl (C=O) groups excluding carboxylic acids is 1. The van der Waals surface area contributed by atoms with Gasteiger partial charge in [-0.1, -0.05) is 18.5 Å². The largest absolute Gasteiger partial charge is 0.481 e. The van der Waals surface area contributed by atoms with Crippen molar-refractivity contribution in [1.29, 1.82) is 5.26 Å². The van der Waals surface area contributed by atoms with Crippen LogP contribution in [0.4, 0.5) is 5.69 Å². The molecule has 1 saturated carbocycles. The molecule has 1 aliphatic rings. The van der Waals surface area contributed by atoms with Gasteiger partial charge in [-0.3, -0.25) is 9.59 Å². The summed E-state index contributed by atoms with van der Waals surface area (Å²) in [6.07, 6.45) is 1.08. The van der Waals surface area contributed by atoms with Crippen LogP contribution in [0.1, 0.15) is 25.3 Å². The van der Waals surface area contributed by atoms with Crippen molar-refractivity contribution in [3.8, 4) is 6.07 Å². The molecule has 0 heterocycles. The molecule has 110 valence electrons. The van der Waals surface area contributed by atoms with Crippen LogP contribution in [-0.2, 0) is 9.59 Å². The van der Waals surface area contributed by atoms with E-state index in [-0.39, 0.29) is 16.8 Å². The Morgan fingerprint density at radius 2 is 2.05 bits per heavy atom. The number of amides is 1. The van der Waals surface area contributed by atoms with Gasteiger partial charge in [-0.05, 0) is 37.0 Å². The van der Waals surface area contributed by atoms with E-state index in [1.54, 1.807) is 6.07 Å². The monoisotopic (exact) mass is 306 g/mol. The van der Waals surface area contributed by atoms with E-state index >= 15 is 0 Å². The fourth-order valence-electron chi connectivity index (χ4n) is 2.77. The molecule has 2 rings (SSSR count). The Labute approximate surface area is 127 Å². The third-order valence-corrected chi connectivity index (χ3v) is 4.12. The molecule has 0 bridgehead atoms. The van der Waals surface area contributed by atoms with Crippen molar-refractivity contribution in [3.63, 3.8) is 0 Å². The summed E-state index contributed by atoms with van der Waals surface area (Å²) in [5, 5.41) is 20.9. The van der Waals surface area contributed by atoms with Gasteiger partial charge in [0, 0.05) is 5.69 Å². The zero-order chi connectivity index (χ0) is 15.6. The number of carboxylic acid groups (broad SMARTS) is 1. The van der Waals surface area contributed by atoms with Crippen LogP contribution in [0.2, 0.25) is 5.02 Å². The summed E-state index contributed by atoms with van der Waals surface area (Å²) < 4.78 is 0. The third-order valence-electron chi connectivity index (χ3n) is 3.81. The second-order valence-electron chi connectivity index (χ2n) is 5.42. The van der Waals surface area contributed by atoms with Crippen molar-refractivity contribution in [2.75, 3.05) is 5.32 Å². The minimum atomic E-state index is -0.933. The number of carbonyl (C=O) groups is 2. The summed E-state index contributed by atoms with van der Waals surface area (Å²) in [6, 6.07) is 6.53. The predicted octanol–water partition coefficient (Wildman–Crippen LogP) is 2.90. The van der Waals surface area contributed by atoms with Gasteiger partial charge in [0.05, 0.1) is 22.4 Å². The molecule has 3 atom stereocenters. The van der Waals surface area contributed by atoms with E-state index in [0.717, 1.165) is 0 Å². The second-order valence-corrected chi connectivity index (χ2v) is 5.83. The first-order valence-electron chi connectivity index (χ1n) is 6.65. The summed E-state index contributed by atoms with van der Waals surface area (Å²) >= 11 is 5.91. The number of hydrogen-bond acceptors (Lipinski definition) is 3. The zero-order valence-corrected chi connectivity index (χ0v) is 12.2. The average molecular weight is 307 g/mol. The Bertz CT molecular complexity index is 624. The number of rotatable bonds is 3. The minimum Gasteiger partial charge on any atom is -0.481 e. The summed E-state index contributed by atoms with van der Waals surface area (Å²) in [7, 11) is 0. The highest BCUT2D eigenvalue weighted by Gasteiger charge is 2.41. The fraction of sp³-hybridized carbons (Fsp3) is 0.400. The number of aliphatic carboxylic acids is 1. The van der Waals surface area contributed by atoms with Crippen molar-refractivity contribution >= 4 is 29.2 Å². The van der Waals surface area contributed by atoms with Crippen molar-refractivity contribution < 1.29 is 14.7 Å². The summed E-state index contributed by atoms with van der Waals surface area (Å²) in [6.45, 7) is 1.95. The molecule has 1 amide bonds. The first-order valence-corrected chi connectivity index (χ1v) is 7.03. The summed E-state index contributed by atoms with van der Waals surface area (Å²) in [5.41, 5.74) is 0.792. The van der Waals surface area contributed by atoms with Crippen LogP contribution in [-0.4, -0.2) is 17.0 Å². The van der Waals surface area contributed by atoms with Crippen LogP contribution < -0.4 is 5.32 Å². The van der Waals surface area contributed by atoms with Gasteiger partial charge in [0.15, 0.2) is 0 Å². The van der Waals surface area contributed by atoms with Crippen LogP contribution in [0.25, 0.3) is 0 Å². The molecular weight excluding hydrogens is 292 g/mol. The van der Waals surface area contributed by atoms with Crippen LogP contribution in [0.3, 0.4) is 0 Å². The van der Waals surface area contributed by atoms with E-state index in [4.69, 9.17) is 16.9 Å². The number of benzene rings is 1. The molecule has 1 fully saturated rings. The molecule has 2 N–H and O–H groups in total. The first-order chi connectivity index (χ1) is 9.92. The van der Waals surface area contributed by atoms with Crippen LogP contribution in [0.15, 0.2) is 18.2 Å². The van der Waals surface area contributed by atoms with E-state index in [0.29, 0.717) is 24.1 Å². The molecule has 0 aliphatic heterocycles. The third kappa shape index (κ3) is 3.34. The van der Waals surface area contributed by atoms with Gasteiger partial charge in [-0.25, -0.2) is 0 Å². The van der Waals surface area contributed by atoms with Gasteiger partial charge in [-0.15, -0.1) is 0 Å². The van der Waals surface area contributed by atoms with Crippen LogP contribution in [0, 0.1) is 29.1 Å². The molecule has 0 aromatic heterocycles. The number of halogens is 1. The topological polar surface area (TPSA) is 90.2 Å². The lowest BCUT2D eigenvalue weighted by Crippen LogP contribution is -2.30. The Morgan fingerprint density at radius 3 is 2.62 bits per heavy atom. The predicted molar refractivity (Wildman–Crippen MR) is 77.8 cm³/mol. The first kappa shape index (κ1) is 15.3. The number of hydrogen-bond donors (Lipinski definition) is 2. The van der Waals surface area contributed by atoms with Crippen molar-refractivity contribution in [1.82, 2.24) is 0 Å². The van der Waals surface area contributed by atoms with E-state index in [9.17, 15) is 14.7 Å². The van der Waals surface area contributed by atoms with E-state index < -0.39 is 17.8 Å². The Hall–Kier alpha value is -2.06. The van der Waals surface area contributed by atoms with Gasteiger partial charge in [0.2, 0.25) is 5.91 Å². The molecular formula is C15H15ClN2O3. The van der Waals surface area contributed by atoms with Crippen molar-refractivity contribution in [2.45, 2.75) is 19.8 Å². The van der Waals surface area contributed by atoms with Gasteiger partial charge >= 0.3 is 5.97 Å². The number of nitrogens with zero attached hydrogens (tertiary/aromatic N) is 1. The lowest BCUT2D eigenvalue weighted by Gasteiger charge is -2.15. The van der Waals surface area contributed by atoms with Crippen LogP contribution >= 0.6 is 11.6 Å². The van der Waals surface area contributed by atoms with E-state index in [2.05, 4.69) is 5.32 Å². The number of nitrogens with one attached hydrogen (secondary N) is 1. The normalized spacial score (nSPS) is 24.3. The highest BCUT2D eigenvalue weighted by atomic mass is 35.5. The van der Waals surface area contributed by atoms with E-state index in [1.165, 1.54) is 12.1 Å². The standard InChI is InChI=1S/C15H15ClN2O3/c1-8-4-11(12(5-8)15(20)21)14(19)18-10-3-2-9(7-17)13(16)6-10/h2-3,6,8,11-12H,4-5H2,1H3,(H,18,19)(H,20,21). The highest BCUT2D eigenvalue weighted by molar-refractivity contribution is 6.32. The van der Waals surface area contributed by atoms with Gasteiger partial charge in [-0.2, -0.15) is 5.26 Å². The Morgan fingerprint density at radius 1 is 1.38 bits per heavy atom. The molecule has 3 unspecified atom stereocenters. The quantitative estimate of drug-likeness (QED) is 0.898. The molecule has 21 heavy (non-hydrogen) atoms. The molecule has 1 aromatic carbocycles. The minimum absolute atomic E-state index is 0.214. The summed E-state index contributed by atoms with van der Waals surface area (Å²) in [4.78, 5) is 23.5. The molecule has 5 nitrogen and oxygen atoms in total. The molecule has 1 aliphatic carbocycles. The smallest absolute Gasteiger partial charge is 0.307 e. The lowest BCUT2D eigenvalue weighted by molar-refractivity contribution is -0.145. The van der Waals surface area contributed by atoms with Gasteiger partial charge < -0.3 is 10.4 Å². The second kappa shape index (κ2) is 6.15. The average Bonchev–Trinajstić information content (AvgIpc) is 2.81. The van der Waals surface area contributed by atoms with Gasteiger partial charge in [0.25, 0.3) is 0 Å². The maximum Gasteiger partial charge on any atom is 0.307 e. The lowest BCUT2D eigenvalue weighted by atomic mass is 9.95. The maximum absolute atomic E-state index is 12.3. The van der Waals surface area contributed by atoms with Crippen molar-refractivity contribution in [3.05, 3.63) is 28.8 Å². The molecule has 0 radical (unpaired) electrons. The SMILES string of the molecule is CC1CC(C(=O)O)C(C(=O)Nc2ccc(C#N)c(Cl)c2)C1. The number of anilines is 1. The summed E-state index contributed by atoms with van der Waals surface area (Å²) in [5.74, 6) is -2.21. The van der Waals surface area contributed by atoms with Crippen LogP contribution in [0.5, 0.6) is 0 Å². The highest BCUT2D eigenvalue weighted by Crippen LogP contribution is 2.37. The maximum atomic E-state index is 12.3. The van der Waals surface area contributed by atoms with Crippen molar-refractivity contribution in [2.24, 2.45) is 17.8 Å². The Balaban J connectivity index is 2.12. The molecule has 0 saturated heterocycles. The fourth-order valence-corrected chi connectivity index (χ4v) is 3.00. The number of nitriles is 1. The number of carboxylic acids is 1. The van der Waals surface area contributed by atoms with Gasteiger partial charge in [0.1, 0.15) is 6.07 Å².